The van der Waals surface area contributed by atoms with Gasteiger partial charge in [0.05, 0.1) is 5.69 Å². The van der Waals surface area contributed by atoms with Gasteiger partial charge in [-0.2, -0.15) is 10.4 Å². The van der Waals surface area contributed by atoms with E-state index in [-0.39, 0.29) is 0 Å². The fraction of sp³-hybridized carbons (Fsp3) is 0.450. The van der Waals surface area contributed by atoms with Crippen LogP contribution in [-0.4, -0.2) is 35.0 Å². The van der Waals surface area contributed by atoms with Crippen LogP contribution in [0.2, 0.25) is 0 Å². The zero-order valence-electron chi connectivity index (χ0n) is 15.4. The first-order valence-corrected chi connectivity index (χ1v) is 9.05. The zero-order valence-corrected chi connectivity index (χ0v) is 15.4. The van der Waals surface area contributed by atoms with Gasteiger partial charge in [-0.05, 0) is 55.9 Å². The van der Waals surface area contributed by atoms with Crippen molar-refractivity contribution >= 4 is 11.5 Å². The molecule has 2 N–H and O–H groups in total. The molecule has 1 aromatic heterocycles. The zero-order chi connectivity index (χ0) is 18.5. The normalized spacial score (nSPS) is 14.9. The number of hydrogen-bond donors (Lipinski definition) is 2. The molecule has 0 amide bonds. The van der Waals surface area contributed by atoms with E-state index in [9.17, 15) is 10.4 Å². The van der Waals surface area contributed by atoms with Gasteiger partial charge in [0.15, 0.2) is 5.82 Å². The minimum atomic E-state index is 0.296. The Kier molecular flexibility index (Phi) is 5.69. The summed E-state index contributed by atoms with van der Waals surface area (Å²) in [6, 6.07) is 10.7. The molecule has 0 unspecified atom stereocenters. The first-order valence-electron chi connectivity index (χ1n) is 9.05. The standard InChI is InChI=1S/C20H25N5O/c1-14-15(2)23-24-20(19(14)11-21)22-12-16-3-5-18(6-4-16)25-9-7-17(13-26)8-10-25/h3-6,17,26H,7-10,12-13H2,1-2H3,(H,22,24). The number of aliphatic hydroxyl groups excluding tert-OH is 1. The Bertz CT molecular complexity index is 789. The Morgan fingerprint density at radius 1 is 1.19 bits per heavy atom. The van der Waals surface area contributed by atoms with Crippen LogP contribution >= 0.6 is 0 Å². The van der Waals surface area contributed by atoms with Gasteiger partial charge >= 0.3 is 0 Å². The lowest BCUT2D eigenvalue weighted by atomic mass is 9.97. The van der Waals surface area contributed by atoms with Crippen LogP contribution in [0.1, 0.15) is 35.2 Å². The minimum Gasteiger partial charge on any atom is -0.396 e. The Hall–Kier alpha value is -2.65. The number of nitriles is 1. The van der Waals surface area contributed by atoms with E-state index >= 15 is 0 Å². The van der Waals surface area contributed by atoms with E-state index in [4.69, 9.17) is 0 Å². The van der Waals surface area contributed by atoms with Crippen LogP contribution in [0.5, 0.6) is 0 Å². The molecule has 1 fully saturated rings. The van der Waals surface area contributed by atoms with Crippen molar-refractivity contribution in [3.63, 3.8) is 0 Å². The second-order valence-corrected chi connectivity index (χ2v) is 6.88. The van der Waals surface area contributed by atoms with E-state index < -0.39 is 0 Å². The number of aromatic nitrogens is 2. The van der Waals surface area contributed by atoms with Gasteiger partial charge in [-0.25, -0.2) is 0 Å². The van der Waals surface area contributed by atoms with E-state index in [1.807, 2.05) is 13.8 Å². The molecule has 26 heavy (non-hydrogen) atoms. The van der Waals surface area contributed by atoms with Gasteiger partial charge in [-0.1, -0.05) is 12.1 Å². The summed E-state index contributed by atoms with van der Waals surface area (Å²) in [5.74, 6) is 0.980. The van der Waals surface area contributed by atoms with Crippen LogP contribution < -0.4 is 10.2 Å². The highest BCUT2D eigenvalue weighted by Gasteiger charge is 2.18. The number of rotatable bonds is 5. The average Bonchev–Trinajstić information content (AvgIpc) is 2.69. The number of aliphatic hydroxyl groups is 1. The molecule has 6 nitrogen and oxygen atoms in total. The topological polar surface area (TPSA) is 85.1 Å². The number of piperidine rings is 1. The Labute approximate surface area is 154 Å². The molecule has 1 aromatic carbocycles. The molecule has 1 aliphatic heterocycles. The summed E-state index contributed by atoms with van der Waals surface area (Å²) in [5.41, 5.74) is 4.55. The molecule has 0 bridgehead atoms. The smallest absolute Gasteiger partial charge is 0.167 e. The molecular weight excluding hydrogens is 326 g/mol. The molecule has 0 atom stereocenters. The lowest BCUT2D eigenvalue weighted by Crippen LogP contribution is -2.34. The molecule has 2 heterocycles. The van der Waals surface area contributed by atoms with Crippen LogP contribution in [0.3, 0.4) is 0 Å². The molecule has 6 heteroatoms. The van der Waals surface area contributed by atoms with E-state index in [2.05, 4.69) is 50.7 Å². The summed E-state index contributed by atoms with van der Waals surface area (Å²) < 4.78 is 0. The Balaban J connectivity index is 1.62. The second kappa shape index (κ2) is 8.15. The Morgan fingerprint density at radius 3 is 2.50 bits per heavy atom. The van der Waals surface area contributed by atoms with Crippen molar-refractivity contribution in [3.05, 3.63) is 46.6 Å². The highest BCUT2D eigenvalue weighted by atomic mass is 16.3. The van der Waals surface area contributed by atoms with Crippen LogP contribution in [-0.2, 0) is 6.54 Å². The van der Waals surface area contributed by atoms with Crippen LogP contribution in [0.15, 0.2) is 24.3 Å². The number of nitrogens with one attached hydrogen (secondary N) is 1. The largest absolute Gasteiger partial charge is 0.396 e. The van der Waals surface area contributed by atoms with Gasteiger partial charge in [0.25, 0.3) is 0 Å². The van der Waals surface area contributed by atoms with Crippen molar-refractivity contribution < 1.29 is 5.11 Å². The van der Waals surface area contributed by atoms with E-state index in [0.29, 0.717) is 30.5 Å². The van der Waals surface area contributed by atoms with Gasteiger partial charge in [0.2, 0.25) is 0 Å². The maximum atomic E-state index is 9.36. The van der Waals surface area contributed by atoms with Crippen molar-refractivity contribution in [1.82, 2.24) is 10.2 Å². The summed E-state index contributed by atoms with van der Waals surface area (Å²) in [6.07, 6.45) is 2.09. The van der Waals surface area contributed by atoms with E-state index in [1.165, 1.54) is 5.69 Å². The summed E-state index contributed by atoms with van der Waals surface area (Å²) in [4.78, 5) is 2.37. The molecule has 0 aliphatic carbocycles. The van der Waals surface area contributed by atoms with Crippen molar-refractivity contribution in [2.75, 3.05) is 29.9 Å². The number of aryl methyl sites for hydroxylation is 1. The third-order valence-corrected chi connectivity index (χ3v) is 5.20. The number of hydrogen-bond acceptors (Lipinski definition) is 6. The van der Waals surface area contributed by atoms with Gasteiger partial charge in [-0.3, -0.25) is 0 Å². The predicted molar refractivity (Wildman–Crippen MR) is 102 cm³/mol. The fourth-order valence-electron chi connectivity index (χ4n) is 3.25. The SMILES string of the molecule is Cc1nnc(NCc2ccc(N3CCC(CO)CC3)cc2)c(C#N)c1C. The molecule has 3 rings (SSSR count). The maximum Gasteiger partial charge on any atom is 0.167 e. The summed E-state index contributed by atoms with van der Waals surface area (Å²) in [5, 5.41) is 30.1. The second-order valence-electron chi connectivity index (χ2n) is 6.88. The lowest BCUT2D eigenvalue weighted by Gasteiger charge is -2.33. The third-order valence-electron chi connectivity index (χ3n) is 5.20. The number of benzene rings is 1. The molecule has 0 saturated carbocycles. The van der Waals surface area contributed by atoms with Gasteiger partial charge in [0, 0.05) is 31.9 Å². The molecule has 0 spiro atoms. The van der Waals surface area contributed by atoms with Gasteiger partial charge < -0.3 is 15.3 Å². The van der Waals surface area contributed by atoms with Crippen LogP contribution in [0, 0.1) is 31.1 Å². The highest BCUT2D eigenvalue weighted by Crippen LogP contribution is 2.24. The maximum absolute atomic E-state index is 9.36. The molecule has 2 aromatic rings. The lowest BCUT2D eigenvalue weighted by molar-refractivity contribution is 0.203. The molecule has 1 saturated heterocycles. The number of nitrogens with zero attached hydrogens (tertiary/aromatic N) is 4. The van der Waals surface area contributed by atoms with Crippen molar-refractivity contribution in [2.24, 2.45) is 5.92 Å². The monoisotopic (exact) mass is 351 g/mol. The van der Waals surface area contributed by atoms with Crippen LogP contribution in [0.4, 0.5) is 11.5 Å². The van der Waals surface area contributed by atoms with Crippen LogP contribution in [0.25, 0.3) is 0 Å². The molecule has 0 radical (unpaired) electrons. The van der Waals surface area contributed by atoms with Gasteiger partial charge in [0.1, 0.15) is 11.6 Å². The first-order chi connectivity index (χ1) is 12.6. The van der Waals surface area contributed by atoms with Crippen molar-refractivity contribution in [1.29, 1.82) is 5.26 Å². The first kappa shape index (κ1) is 18.2. The predicted octanol–water partition coefficient (Wildman–Crippen LogP) is 2.79. The average molecular weight is 351 g/mol. The van der Waals surface area contributed by atoms with Gasteiger partial charge in [-0.15, -0.1) is 5.10 Å². The van der Waals surface area contributed by atoms with Crippen molar-refractivity contribution in [3.8, 4) is 6.07 Å². The molecular formula is C20H25N5O. The third kappa shape index (κ3) is 3.94. The molecule has 136 valence electrons. The fourth-order valence-corrected chi connectivity index (χ4v) is 3.25. The van der Waals surface area contributed by atoms with E-state index in [1.54, 1.807) is 0 Å². The summed E-state index contributed by atoms with van der Waals surface area (Å²) in [7, 11) is 0. The summed E-state index contributed by atoms with van der Waals surface area (Å²) >= 11 is 0. The minimum absolute atomic E-state index is 0.296. The quantitative estimate of drug-likeness (QED) is 0.862. The highest BCUT2D eigenvalue weighted by molar-refractivity contribution is 5.56. The molecule has 1 aliphatic rings. The Morgan fingerprint density at radius 2 is 1.88 bits per heavy atom. The summed E-state index contributed by atoms with van der Waals surface area (Å²) in [6.45, 7) is 6.62. The van der Waals surface area contributed by atoms with Crippen molar-refractivity contribution in [2.45, 2.75) is 33.2 Å². The number of anilines is 2. The van der Waals surface area contributed by atoms with E-state index in [0.717, 1.165) is 42.8 Å².